The van der Waals surface area contributed by atoms with Gasteiger partial charge in [-0.2, -0.15) is 0 Å². The summed E-state index contributed by atoms with van der Waals surface area (Å²) in [6.07, 6.45) is 1.87. The fraction of sp³-hybridized carbons (Fsp3) is 0.417. The molecule has 90 valence electrons. The Morgan fingerprint density at radius 3 is 2.47 bits per heavy atom. The van der Waals surface area contributed by atoms with Gasteiger partial charge in [-0.1, -0.05) is 25.0 Å². The molecule has 5 heteroatoms. The van der Waals surface area contributed by atoms with Gasteiger partial charge in [0.1, 0.15) is 5.82 Å². The van der Waals surface area contributed by atoms with Gasteiger partial charge in [-0.15, -0.1) is 5.10 Å². The molecular weight excluding hydrogens is 216 g/mol. The topological polar surface area (TPSA) is 55.1 Å². The Balaban J connectivity index is 2.22. The maximum Gasteiger partial charge on any atom is 0.323 e. The highest BCUT2D eigenvalue weighted by molar-refractivity contribution is 5.49. The molecule has 0 aliphatic rings. The second kappa shape index (κ2) is 4.53. The summed E-state index contributed by atoms with van der Waals surface area (Å²) in [6.45, 7) is 6.04. The van der Waals surface area contributed by atoms with E-state index in [1.54, 1.807) is 11.8 Å². The predicted octanol–water partition coefficient (Wildman–Crippen LogP) is 2.66. The molecule has 0 spiro atoms. The van der Waals surface area contributed by atoms with Crippen molar-refractivity contribution >= 4 is 11.8 Å². The van der Waals surface area contributed by atoms with Crippen LogP contribution in [-0.2, 0) is 0 Å². The van der Waals surface area contributed by atoms with Gasteiger partial charge in [0.15, 0.2) is 0 Å². The van der Waals surface area contributed by atoms with E-state index in [1.807, 2.05) is 19.3 Å². The third kappa shape index (κ3) is 2.43. The molecule has 0 saturated heterocycles. The van der Waals surface area contributed by atoms with Crippen LogP contribution in [0.5, 0.6) is 0 Å². The van der Waals surface area contributed by atoms with Crippen LogP contribution in [0.25, 0.3) is 0 Å². The van der Waals surface area contributed by atoms with E-state index in [2.05, 4.69) is 35.1 Å². The molecule has 0 fully saturated rings. The van der Waals surface area contributed by atoms with Crippen LogP contribution in [0.15, 0.2) is 22.7 Å². The van der Waals surface area contributed by atoms with Crippen LogP contribution < -0.4 is 4.90 Å². The minimum atomic E-state index is 0.451. The second-order valence-electron chi connectivity index (χ2n) is 4.27. The molecule has 0 N–H and O–H groups in total. The van der Waals surface area contributed by atoms with Crippen LogP contribution >= 0.6 is 0 Å². The normalized spacial score (nSPS) is 10.9. The lowest BCUT2D eigenvalue weighted by molar-refractivity contribution is 0.522. The number of aryl methyl sites for hydroxylation is 1. The highest BCUT2D eigenvalue weighted by Crippen LogP contribution is 2.21. The van der Waals surface area contributed by atoms with E-state index in [9.17, 15) is 0 Å². The molecule has 17 heavy (non-hydrogen) atoms. The van der Waals surface area contributed by atoms with Crippen molar-refractivity contribution in [3.8, 4) is 0 Å². The molecule has 2 aromatic heterocycles. The SMILES string of the molecule is Cc1nnc(N(C)c2ccc(C(C)C)cn2)o1. The third-order valence-corrected chi connectivity index (χ3v) is 2.58. The maximum absolute atomic E-state index is 5.34. The van der Waals surface area contributed by atoms with Gasteiger partial charge in [0, 0.05) is 20.2 Å². The molecule has 2 aromatic rings. The summed E-state index contributed by atoms with van der Waals surface area (Å²) in [6, 6.07) is 4.47. The number of pyridine rings is 1. The van der Waals surface area contributed by atoms with Crippen LogP contribution in [0.4, 0.5) is 11.8 Å². The van der Waals surface area contributed by atoms with Crippen molar-refractivity contribution in [3.05, 3.63) is 29.8 Å². The van der Waals surface area contributed by atoms with Gasteiger partial charge in [0.25, 0.3) is 0 Å². The van der Waals surface area contributed by atoms with Crippen molar-refractivity contribution in [2.45, 2.75) is 26.7 Å². The monoisotopic (exact) mass is 232 g/mol. The van der Waals surface area contributed by atoms with Gasteiger partial charge in [0.05, 0.1) is 0 Å². The molecule has 0 aliphatic carbocycles. The second-order valence-corrected chi connectivity index (χ2v) is 4.27. The molecule has 0 atom stereocenters. The zero-order valence-corrected chi connectivity index (χ0v) is 10.5. The average molecular weight is 232 g/mol. The standard InChI is InChI=1S/C12H16N4O/c1-8(2)10-5-6-11(13-7-10)16(4)12-15-14-9(3)17-12/h5-8H,1-4H3. The van der Waals surface area contributed by atoms with Crippen LogP contribution in [0, 0.1) is 6.92 Å². The first-order valence-corrected chi connectivity index (χ1v) is 5.57. The molecule has 0 aromatic carbocycles. The summed E-state index contributed by atoms with van der Waals surface area (Å²) >= 11 is 0. The molecule has 5 nitrogen and oxygen atoms in total. The molecule has 0 unspecified atom stereocenters. The molecule has 0 saturated carbocycles. The Hall–Kier alpha value is -1.91. The van der Waals surface area contributed by atoms with Crippen molar-refractivity contribution in [2.24, 2.45) is 0 Å². The molecule has 0 aliphatic heterocycles. The first-order valence-electron chi connectivity index (χ1n) is 5.57. The van der Waals surface area contributed by atoms with Gasteiger partial charge in [-0.05, 0) is 17.5 Å². The lowest BCUT2D eigenvalue weighted by Gasteiger charge is -2.13. The number of aromatic nitrogens is 3. The number of nitrogens with zero attached hydrogens (tertiary/aromatic N) is 4. The smallest absolute Gasteiger partial charge is 0.323 e. The summed E-state index contributed by atoms with van der Waals surface area (Å²) in [4.78, 5) is 6.15. The van der Waals surface area contributed by atoms with E-state index >= 15 is 0 Å². The van der Waals surface area contributed by atoms with Crippen LogP contribution in [-0.4, -0.2) is 22.2 Å². The van der Waals surface area contributed by atoms with E-state index in [-0.39, 0.29) is 0 Å². The van der Waals surface area contributed by atoms with E-state index in [4.69, 9.17) is 4.42 Å². The van der Waals surface area contributed by atoms with Gasteiger partial charge in [-0.25, -0.2) is 4.98 Å². The Labute approximate surface area is 100 Å². The molecule has 0 amide bonds. The first kappa shape index (κ1) is 11.6. The molecular formula is C12H16N4O. The number of anilines is 2. The predicted molar refractivity (Wildman–Crippen MR) is 65.4 cm³/mol. The number of hydrogen-bond acceptors (Lipinski definition) is 5. The van der Waals surface area contributed by atoms with Gasteiger partial charge < -0.3 is 4.42 Å². The largest absolute Gasteiger partial charge is 0.408 e. The summed E-state index contributed by atoms with van der Waals surface area (Å²) in [5, 5.41) is 7.74. The first-order chi connectivity index (χ1) is 8.08. The summed E-state index contributed by atoms with van der Waals surface area (Å²) < 4.78 is 5.34. The maximum atomic E-state index is 5.34. The highest BCUT2D eigenvalue weighted by Gasteiger charge is 2.11. The molecule has 0 bridgehead atoms. The Morgan fingerprint density at radius 2 is 2.00 bits per heavy atom. The number of rotatable bonds is 3. The minimum Gasteiger partial charge on any atom is -0.408 e. The van der Waals surface area contributed by atoms with Crippen molar-refractivity contribution < 1.29 is 4.42 Å². The Kier molecular flexibility index (Phi) is 3.08. The van der Waals surface area contributed by atoms with E-state index < -0.39 is 0 Å². The van der Waals surface area contributed by atoms with Crippen LogP contribution in [0.2, 0.25) is 0 Å². The average Bonchev–Trinajstić information content (AvgIpc) is 2.75. The van der Waals surface area contributed by atoms with Gasteiger partial charge in [-0.3, -0.25) is 4.90 Å². The van der Waals surface area contributed by atoms with Crippen molar-refractivity contribution in [2.75, 3.05) is 11.9 Å². The van der Waals surface area contributed by atoms with Gasteiger partial charge in [0.2, 0.25) is 5.89 Å². The summed E-state index contributed by atoms with van der Waals surface area (Å²) in [5.74, 6) is 1.82. The fourth-order valence-corrected chi connectivity index (χ4v) is 1.46. The quantitative estimate of drug-likeness (QED) is 0.814. The lowest BCUT2D eigenvalue weighted by Crippen LogP contribution is -2.11. The summed E-state index contributed by atoms with van der Waals surface area (Å²) in [5.41, 5.74) is 1.21. The van der Waals surface area contributed by atoms with E-state index in [1.165, 1.54) is 5.56 Å². The molecule has 2 heterocycles. The minimum absolute atomic E-state index is 0.451. The van der Waals surface area contributed by atoms with Crippen LogP contribution in [0.3, 0.4) is 0 Å². The Morgan fingerprint density at radius 1 is 1.24 bits per heavy atom. The lowest BCUT2D eigenvalue weighted by atomic mass is 10.1. The highest BCUT2D eigenvalue weighted by atomic mass is 16.4. The van der Waals surface area contributed by atoms with E-state index in [0.717, 1.165) is 5.82 Å². The van der Waals surface area contributed by atoms with Crippen LogP contribution in [0.1, 0.15) is 31.2 Å². The third-order valence-electron chi connectivity index (χ3n) is 2.58. The molecule has 2 rings (SSSR count). The van der Waals surface area contributed by atoms with Crippen molar-refractivity contribution in [3.63, 3.8) is 0 Å². The summed E-state index contributed by atoms with van der Waals surface area (Å²) in [7, 11) is 1.85. The zero-order valence-electron chi connectivity index (χ0n) is 10.5. The van der Waals surface area contributed by atoms with E-state index in [0.29, 0.717) is 17.8 Å². The van der Waals surface area contributed by atoms with Crippen molar-refractivity contribution in [1.29, 1.82) is 0 Å². The van der Waals surface area contributed by atoms with Crippen molar-refractivity contribution in [1.82, 2.24) is 15.2 Å². The zero-order chi connectivity index (χ0) is 12.4. The van der Waals surface area contributed by atoms with Gasteiger partial charge >= 0.3 is 6.01 Å². The number of hydrogen-bond donors (Lipinski definition) is 0. The molecule has 0 radical (unpaired) electrons. The Bertz CT molecular complexity index is 489. The fourth-order valence-electron chi connectivity index (χ4n) is 1.46.